The van der Waals surface area contributed by atoms with E-state index in [-0.39, 0.29) is 6.61 Å². The molecule has 1 rings (SSSR count). The molecule has 0 aliphatic carbocycles. The molecule has 0 amide bonds. The molecule has 3 heteroatoms. The first-order chi connectivity index (χ1) is 6.25. The number of nitrogens with zero attached hydrogens (tertiary/aromatic N) is 1. The summed E-state index contributed by atoms with van der Waals surface area (Å²) in [5.41, 5.74) is 0.923. The zero-order chi connectivity index (χ0) is 9.68. The first kappa shape index (κ1) is 10.0. The van der Waals surface area contributed by atoms with Crippen molar-refractivity contribution in [2.24, 2.45) is 0 Å². The van der Waals surface area contributed by atoms with Crippen molar-refractivity contribution in [2.75, 3.05) is 18.1 Å². The first-order valence-corrected chi connectivity index (χ1v) is 4.36. The van der Waals surface area contributed by atoms with E-state index in [0.29, 0.717) is 6.54 Å². The molecule has 1 aromatic rings. The van der Waals surface area contributed by atoms with E-state index in [1.165, 1.54) is 0 Å². The molecule has 0 radical (unpaired) electrons. The second kappa shape index (κ2) is 4.84. The third-order valence-corrected chi connectivity index (χ3v) is 1.88. The van der Waals surface area contributed by atoms with Crippen molar-refractivity contribution in [3.63, 3.8) is 0 Å². The van der Waals surface area contributed by atoms with Gasteiger partial charge in [0.15, 0.2) is 0 Å². The molecular weight excluding hydrogens is 166 g/mol. The third kappa shape index (κ3) is 2.72. The highest BCUT2D eigenvalue weighted by Crippen LogP contribution is 2.14. The quantitative estimate of drug-likeness (QED) is 0.676. The van der Waals surface area contributed by atoms with Gasteiger partial charge in [-0.2, -0.15) is 0 Å². The summed E-state index contributed by atoms with van der Waals surface area (Å²) in [7, 11) is 0. The van der Waals surface area contributed by atoms with Gasteiger partial charge in [0.2, 0.25) is 0 Å². The Bertz CT molecular complexity index is 236. The van der Waals surface area contributed by atoms with Crippen LogP contribution in [0, 0.1) is 0 Å². The van der Waals surface area contributed by atoms with Crippen molar-refractivity contribution in [1.29, 1.82) is 0 Å². The molecular formula is C10H15NO2. The zero-order valence-corrected chi connectivity index (χ0v) is 7.72. The smallest absolute Gasteiger partial charge is 0.124 e. The number of hydrogen-bond acceptors (Lipinski definition) is 3. The Kier molecular flexibility index (Phi) is 3.73. The fourth-order valence-corrected chi connectivity index (χ4v) is 1.26. The summed E-state index contributed by atoms with van der Waals surface area (Å²) in [6, 6.07) is 9.54. The maximum absolute atomic E-state index is 9.41. The molecule has 0 aliphatic heterocycles. The summed E-state index contributed by atoms with van der Waals surface area (Å²) in [5, 5.41) is 18.2. The van der Waals surface area contributed by atoms with E-state index in [9.17, 15) is 5.11 Å². The number of aliphatic hydroxyl groups is 2. The van der Waals surface area contributed by atoms with Crippen LogP contribution in [0.15, 0.2) is 30.3 Å². The van der Waals surface area contributed by atoms with Crippen LogP contribution in [0.4, 0.5) is 5.69 Å². The van der Waals surface area contributed by atoms with Gasteiger partial charge < -0.3 is 15.1 Å². The molecule has 1 aromatic carbocycles. The second-order valence-electron chi connectivity index (χ2n) is 2.88. The van der Waals surface area contributed by atoms with Crippen LogP contribution in [0.25, 0.3) is 0 Å². The molecule has 3 nitrogen and oxygen atoms in total. The van der Waals surface area contributed by atoms with Crippen molar-refractivity contribution in [1.82, 2.24) is 0 Å². The van der Waals surface area contributed by atoms with Gasteiger partial charge in [-0.25, -0.2) is 0 Å². The summed E-state index contributed by atoms with van der Waals surface area (Å²) in [6.45, 7) is 2.17. The molecule has 1 unspecified atom stereocenters. The average Bonchev–Trinajstić information content (AvgIpc) is 2.15. The Morgan fingerprint density at radius 2 is 1.92 bits per heavy atom. The Balaban J connectivity index is 2.76. The molecule has 1 atom stereocenters. The summed E-state index contributed by atoms with van der Waals surface area (Å²) >= 11 is 0. The van der Waals surface area contributed by atoms with Gasteiger partial charge in [-0.15, -0.1) is 0 Å². The molecule has 0 fully saturated rings. The molecule has 0 saturated heterocycles. The molecule has 0 spiro atoms. The predicted octanol–water partition coefficient (Wildman–Crippen LogP) is 0.824. The predicted molar refractivity (Wildman–Crippen MR) is 52.6 cm³/mol. The van der Waals surface area contributed by atoms with Crippen LogP contribution in [0.2, 0.25) is 0 Å². The third-order valence-electron chi connectivity index (χ3n) is 1.88. The zero-order valence-electron chi connectivity index (χ0n) is 7.72. The number of para-hydroxylation sites is 1. The molecule has 0 heterocycles. The highest BCUT2D eigenvalue weighted by atomic mass is 16.3. The van der Waals surface area contributed by atoms with E-state index in [0.717, 1.165) is 5.69 Å². The van der Waals surface area contributed by atoms with E-state index >= 15 is 0 Å². The van der Waals surface area contributed by atoms with Gasteiger partial charge in [-0.3, -0.25) is 0 Å². The van der Waals surface area contributed by atoms with Crippen molar-refractivity contribution >= 4 is 5.69 Å². The van der Waals surface area contributed by atoms with E-state index in [2.05, 4.69) is 0 Å². The van der Waals surface area contributed by atoms with Gasteiger partial charge in [-0.05, 0) is 19.1 Å². The maximum atomic E-state index is 9.41. The Morgan fingerprint density at radius 3 is 2.38 bits per heavy atom. The lowest BCUT2D eigenvalue weighted by Crippen LogP contribution is -2.35. The summed E-state index contributed by atoms with van der Waals surface area (Å²) < 4.78 is 0. The molecule has 0 aromatic heterocycles. The normalized spacial score (nSPS) is 12.5. The maximum Gasteiger partial charge on any atom is 0.124 e. The van der Waals surface area contributed by atoms with Crippen LogP contribution in [-0.2, 0) is 0 Å². The number of aliphatic hydroxyl groups excluding tert-OH is 2. The van der Waals surface area contributed by atoms with Crippen LogP contribution in [-0.4, -0.2) is 29.6 Å². The minimum absolute atomic E-state index is 0.0415. The SMILES string of the molecule is CC(O)N(CCO)c1ccccc1. The number of hydrogen-bond donors (Lipinski definition) is 2. The second-order valence-corrected chi connectivity index (χ2v) is 2.88. The largest absolute Gasteiger partial charge is 0.395 e. The summed E-state index contributed by atoms with van der Waals surface area (Å²) in [5.74, 6) is 0. The Morgan fingerprint density at radius 1 is 1.31 bits per heavy atom. The van der Waals surface area contributed by atoms with E-state index < -0.39 is 6.23 Å². The van der Waals surface area contributed by atoms with Crippen molar-refractivity contribution in [3.8, 4) is 0 Å². The highest BCUT2D eigenvalue weighted by Gasteiger charge is 2.09. The molecule has 0 bridgehead atoms. The van der Waals surface area contributed by atoms with Crippen LogP contribution in [0.3, 0.4) is 0 Å². The standard InChI is InChI=1S/C10H15NO2/c1-9(13)11(7-8-12)10-5-3-2-4-6-10/h2-6,9,12-13H,7-8H2,1H3. The summed E-state index contributed by atoms with van der Waals surface area (Å²) in [6.07, 6.45) is -0.574. The lowest BCUT2D eigenvalue weighted by Gasteiger charge is -2.26. The minimum Gasteiger partial charge on any atom is -0.395 e. The van der Waals surface area contributed by atoms with Gasteiger partial charge in [0.1, 0.15) is 6.23 Å². The monoisotopic (exact) mass is 181 g/mol. The van der Waals surface area contributed by atoms with Gasteiger partial charge in [-0.1, -0.05) is 18.2 Å². The van der Waals surface area contributed by atoms with Crippen LogP contribution in [0.5, 0.6) is 0 Å². The molecule has 72 valence electrons. The lowest BCUT2D eigenvalue weighted by molar-refractivity contribution is 0.177. The van der Waals surface area contributed by atoms with Crippen molar-refractivity contribution < 1.29 is 10.2 Å². The molecule has 0 aliphatic rings. The minimum atomic E-state index is -0.574. The Labute approximate surface area is 78.2 Å². The van der Waals surface area contributed by atoms with Crippen LogP contribution in [0.1, 0.15) is 6.92 Å². The first-order valence-electron chi connectivity index (χ1n) is 4.36. The van der Waals surface area contributed by atoms with E-state index in [4.69, 9.17) is 5.11 Å². The number of anilines is 1. The highest BCUT2D eigenvalue weighted by molar-refractivity contribution is 5.46. The Hall–Kier alpha value is -1.06. The van der Waals surface area contributed by atoms with Gasteiger partial charge >= 0.3 is 0 Å². The molecule has 2 N–H and O–H groups in total. The van der Waals surface area contributed by atoms with E-state index in [1.807, 2.05) is 30.3 Å². The van der Waals surface area contributed by atoms with Gasteiger partial charge in [0, 0.05) is 12.2 Å². The number of benzene rings is 1. The van der Waals surface area contributed by atoms with E-state index in [1.54, 1.807) is 11.8 Å². The average molecular weight is 181 g/mol. The fourth-order valence-electron chi connectivity index (χ4n) is 1.26. The molecule has 0 saturated carbocycles. The van der Waals surface area contributed by atoms with Crippen molar-refractivity contribution in [3.05, 3.63) is 30.3 Å². The van der Waals surface area contributed by atoms with Crippen LogP contribution < -0.4 is 4.90 Å². The topological polar surface area (TPSA) is 43.7 Å². The van der Waals surface area contributed by atoms with Crippen molar-refractivity contribution in [2.45, 2.75) is 13.2 Å². The van der Waals surface area contributed by atoms with Gasteiger partial charge in [0.25, 0.3) is 0 Å². The van der Waals surface area contributed by atoms with Gasteiger partial charge in [0.05, 0.1) is 6.61 Å². The number of rotatable bonds is 4. The lowest BCUT2D eigenvalue weighted by atomic mass is 10.3. The fraction of sp³-hybridized carbons (Fsp3) is 0.400. The van der Waals surface area contributed by atoms with Crippen LogP contribution >= 0.6 is 0 Å². The molecule has 13 heavy (non-hydrogen) atoms. The summed E-state index contributed by atoms with van der Waals surface area (Å²) in [4.78, 5) is 1.74.